The van der Waals surface area contributed by atoms with Crippen LogP contribution in [-0.4, -0.2) is 28.8 Å². The summed E-state index contributed by atoms with van der Waals surface area (Å²) >= 11 is 0. The Morgan fingerprint density at radius 1 is 1.45 bits per heavy atom. The van der Waals surface area contributed by atoms with E-state index in [1.807, 2.05) is 0 Å². The van der Waals surface area contributed by atoms with Gasteiger partial charge in [0.15, 0.2) is 5.70 Å². The first-order valence-electron chi connectivity index (χ1n) is 5.73. The van der Waals surface area contributed by atoms with Crippen LogP contribution in [0.3, 0.4) is 0 Å². The summed E-state index contributed by atoms with van der Waals surface area (Å²) in [7, 11) is 0. The van der Waals surface area contributed by atoms with E-state index >= 15 is 0 Å². The summed E-state index contributed by atoms with van der Waals surface area (Å²) < 4.78 is 39.4. The van der Waals surface area contributed by atoms with Crippen LogP contribution < -0.4 is 10.4 Å². The fourth-order valence-electron chi connectivity index (χ4n) is 2.01. The van der Waals surface area contributed by atoms with Crippen LogP contribution in [-0.2, 0) is 4.79 Å². The van der Waals surface area contributed by atoms with E-state index in [-0.39, 0.29) is 12.2 Å². The van der Waals surface area contributed by atoms with Gasteiger partial charge in [0.1, 0.15) is 0 Å². The summed E-state index contributed by atoms with van der Waals surface area (Å²) in [6.45, 7) is 2.92. The van der Waals surface area contributed by atoms with Crippen molar-refractivity contribution in [2.75, 3.05) is 11.6 Å². The average Bonchev–Trinajstić information content (AvgIpc) is 2.77. The highest BCUT2D eigenvalue weighted by atomic mass is 19.4. The Kier molecular flexibility index (Phi) is 3.43. The molecule has 108 valence electrons. The standard InChI is InChI=1S/C12H12F3N3O2/c1-6-7(2)16-4-3-9(6)18-10(12(13,14)15)8(5-17-18)11(19)20/h3-4,17H,5H2,1-2H3,(H,19,20). The Labute approximate surface area is 112 Å². The fourth-order valence-corrected chi connectivity index (χ4v) is 2.01. The van der Waals surface area contributed by atoms with E-state index in [9.17, 15) is 18.0 Å². The van der Waals surface area contributed by atoms with Crippen molar-refractivity contribution >= 4 is 11.7 Å². The third-order valence-corrected chi connectivity index (χ3v) is 3.12. The SMILES string of the molecule is Cc1nccc(N2NCC(C(=O)O)=C2C(F)(F)F)c1C. The third kappa shape index (κ3) is 2.34. The zero-order valence-electron chi connectivity index (χ0n) is 10.7. The highest BCUT2D eigenvalue weighted by Gasteiger charge is 2.46. The van der Waals surface area contributed by atoms with Gasteiger partial charge in [0.25, 0.3) is 0 Å². The van der Waals surface area contributed by atoms with Crippen molar-refractivity contribution in [3.05, 3.63) is 34.8 Å². The zero-order valence-corrected chi connectivity index (χ0v) is 10.7. The van der Waals surface area contributed by atoms with Crippen molar-refractivity contribution < 1.29 is 23.1 Å². The van der Waals surface area contributed by atoms with Gasteiger partial charge in [-0.25, -0.2) is 10.2 Å². The predicted molar refractivity (Wildman–Crippen MR) is 64.9 cm³/mol. The molecule has 0 bridgehead atoms. The number of rotatable bonds is 2. The Balaban J connectivity index is 2.58. The molecule has 2 N–H and O–H groups in total. The number of nitrogens with one attached hydrogen (secondary N) is 1. The van der Waals surface area contributed by atoms with Crippen molar-refractivity contribution in [1.29, 1.82) is 0 Å². The Bertz CT molecular complexity index is 596. The van der Waals surface area contributed by atoms with Crippen molar-refractivity contribution in [3.63, 3.8) is 0 Å². The topological polar surface area (TPSA) is 65.5 Å². The van der Waals surface area contributed by atoms with Gasteiger partial charge in [-0.05, 0) is 25.5 Å². The molecule has 0 radical (unpaired) electrons. The molecule has 0 fully saturated rings. The minimum absolute atomic E-state index is 0.237. The first-order valence-corrected chi connectivity index (χ1v) is 5.73. The molecule has 0 saturated carbocycles. The molecule has 5 nitrogen and oxygen atoms in total. The number of nitrogens with zero attached hydrogens (tertiary/aromatic N) is 2. The highest BCUT2D eigenvalue weighted by molar-refractivity contribution is 5.90. The normalized spacial score (nSPS) is 15.9. The lowest BCUT2D eigenvalue weighted by Gasteiger charge is -2.25. The van der Waals surface area contributed by atoms with Gasteiger partial charge in [-0.15, -0.1) is 0 Å². The molecule has 20 heavy (non-hydrogen) atoms. The lowest BCUT2D eigenvalue weighted by atomic mass is 10.1. The van der Waals surface area contributed by atoms with Crippen LogP contribution in [0, 0.1) is 13.8 Å². The number of aryl methyl sites for hydroxylation is 1. The monoisotopic (exact) mass is 287 g/mol. The molecule has 0 aromatic carbocycles. The minimum atomic E-state index is -4.76. The maximum Gasteiger partial charge on any atom is 0.433 e. The van der Waals surface area contributed by atoms with Crippen molar-refractivity contribution in [3.8, 4) is 0 Å². The summed E-state index contributed by atoms with van der Waals surface area (Å²) in [5, 5.41) is 9.67. The van der Waals surface area contributed by atoms with E-state index in [1.165, 1.54) is 12.3 Å². The quantitative estimate of drug-likeness (QED) is 0.870. The lowest BCUT2D eigenvalue weighted by molar-refractivity contribution is -0.133. The molecule has 1 aromatic rings. The van der Waals surface area contributed by atoms with Gasteiger partial charge in [-0.1, -0.05) is 0 Å². The second kappa shape index (κ2) is 4.78. The number of allylic oxidation sites excluding steroid dienone is 1. The molecule has 0 amide bonds. The van der Waals surface area contributed by atoms with Gasteiger partial charge < -0.3 is 5.11 Å². The number of carboxylic acids is 1. The van der Waals surface area contributed by atoms with Crippen LogP contribution in [0.2, 0.25) is 0 Å². The number of hydrazine groups is 1. The largest absolute Gasteiger partial charge is 0.478 e. The van der Waals surface area contributed by atoms with Gasteiger partial charge in [0.2, 0.25) is 0 Å². The Morgan fingerprint density at radius 2 is 2.10 bits per heavy atom. The molecule has 1 aliphatic heterocycles. The molecule has 0 unspecified atom stereocenters. The Hall–Kier alpha value is -2.09. The molecule has 2 rings (SSSR count). The summed E-state index contributed by atoms with van der Waals surface area (Å²) in [4.78, 5) is 14.9. The van der Waals surface area contributed by atoms with E-state index in [4.69, 9.17) is 5.11 Å². The number of halogens is 3. The van der Waals surface area contributed by atoms with Gasteiger partial charge in [-0.2, -0.15) is 13.2 Å². The van der Waals surface area contributed by atoms with Crippen molar-refractivity contribution in [2.24, 2.45) is 0 Å². The van der Waals surface area contributed by atoms with Crippen LogP contribution >= 0.6 is 0 Å². The number of aromatic nitrogens is 1. The molecule has 0 atom stereocenters. The van der Waals surface area contributed by atoms with Crippen LogP contribution in [0.5, 0.6) is 0 Å². The molecule has 0 saturated heterocycles. The Morgan fingerprint density at radius 3 is 2.65 bits per heavy atom. The second-order valence-electron chi connectivity index (χ2n) is 4.34. The summed E-state index contributed by atoms with van der Waals surface area (Å²) in [5.74, 6) is -1.59. The number of pyridine rings is 1. The number of carboxylic acid groups (broad SMARTS) is 1. The summed E-state index contributed by atoms with van der Waals surface area (Å²) in [6, 6.07) is 1.41. The molecule has 1 aromatic heterocycles. The second-order valence-corrected chi connectivity index (χ2v) is 4.34. The van der Waals surface area contributed by atoms with Crippen LogP contribution in [0.4, 0.5) is 18.9 Å². The van der Waals surface area contributed by atoms with E-state index in [2.05, 4.69) is 10.4 Å². The van der Waals surface area contributed by atoms with Crippen LogP contribution in [0.25, 0.3) is 0 Å². The zero-order chi connectivity index (χ0) is 15.1. The van der Waals surface area contributed by atoms with E-state index < -0.39 is 23.4 Å². The number of carbonyl (C=O) groups is 1. The third-order valence-electron chi connectivity index (χ3n) is 3.12. The number of aliphatic carboxylic acids is 1. The smallest absolute Gasteiger partial charge is 0.433 e. The van der Waals surface area contributed by atoms with E-state index in [0.717, 1.165) is 5.01 Å². The van der Waals surface area contributed by atoms with Crippen LogP contribution in [0.15, 0.2) is 23.5 Å². The lowest BCUT2D eigenvalue weighted by Crippen LogP contribution is -2.37. The first-order chi connectivity index (χ1) is 9.23. The first kappa shape index (κ1) is 14.3. The van der Waals surface area contributed by atoms with Gasteiger partial charge in [0, 0.05) is 18.4 Å². The molecule has 0 spiro atoms. The molecule has 2 heterocycles. The van der Waals surface area contributed by atoms with Gasteiger partial charge in [-0.3, -0.25) is 9.99 Å². The number of hydrogen-bond acceptors (Lipinski definition) is 4. The maximum absolute atomic E-state index is 13.1. The molecule has 1 aliphatic rings. The fraction of sp³-hybridized carbons (Fsp3) is 0.333. The molecule has 8 heteroatoms. The highest BCUT2D eigenvalue weighted by Crippen LogP contribution is 2.37. The molecular weight excluding hydrogens is 275 g/mol. The number of hydrogen-bond donors (Lipinski definition) is 2. The van der Waals surface area contributed by atoms with Crippen molar-refractivity contribution in [1.82, 2.24) is 10.4 Å². The van der Waals surface area contributed by atoms with Crippen LogP contribution in [0.1, 0.15) is 11.3 Å². The van der Waals surface area contributed by atoms with Gasteiger partial charge in [0.05, 0.1) is 11.3 Å². The predicted octanol–water partition coefficient (Wildman–Crippen LogP) is 1.92. The average molecular weight is 287 g/mol. The minimum Gasteiger partial charge on any atom is -0.478 e. The van der Waals surface area contributed by atoms with Crippen molar-refractivity contribution in [2.45, 2.75) is 20.0 Å². The summed E-state index contributed by atoms with van der Waals surface area (Å²) in [6.07, 6.45) is -3.38. The number of alkyl halides is 3. The molecular formula is C12H12F3N3O2. The van der Waals surface area contributed by atoms with E-state index in [0.29, 0.717) is 11.3 Å². The van der Waals surface area contributed by atoms with E-state index in [1.54, 1.807) is 13.8 Å². The number of anilines is 1. The van der Waals surface area contributed by atoms with Gasteiger partial charge >= 0.3 is 12.1 Å². The maximum atomic E-state index is 13.1. The molecule has 0 aliphatic carbocycles. The summed E-state index contributed by atoms with van der Waals surface area (Å²) in [5.41, 5.74) is 1.93.